The average molecular weight is 379 g/mol. The summed E-state index contributed by atoms with van der Waals surface area (Å²) in [5.74, 6) is 1.35. The topological polar surface area (TPSA) is 120 Å². The van der Waals surface area contributed by atoms with Crippen LogP contribution in [0.1, 0.15) is 12.5 Å². The van der Waals surface area contributed by atoms with Gasteiger partial charge in [0.25, 0.3) is 0 Å². The molecule has 26 heavy (non-hydrogen) atoms. The number of hydrogen-bond donors (Lipinski definition) is 3. The van der Waals surface area contributed by atoms with Crippen molar-refractivity contribution in [1.29, 1.82) is 0 Å². The van der Waals surface area contributed by atoms with Gasteiger partial charge >= 0.3 is 6.03 Å². The molecule has 9 heteroatoms. The molecule has 0 unspecified atom stereocenters. The van der Waals surface area contributed by atoms with Crippen LogP contribution < -0.4 is 25.2 Å². The van der Waals surface area contributed by atoms with Crippen LogP contribution in [0.4, 0.5) is 4.79 Å². The summed E-state index contributed by atoms with van der Waals surface area (Å²) < 4.78 is 33.1. The van der Waals surface area contributed by atoms with Gasteiger partial charge in [-0.15, -0.1) is 0 Å². The van der Waals surface area contributed by atoms with Crippen LogP contribution in [0.5, 0.6) is 11.5 Å². The maximum absolute atomic E-state index is 11.7. The van der Waals surface area contributed by atoms with E-state index in [1.807, 2.05) is 6.92 Å². The SMILES string of the molecule is CCOc1ccc(OCNC(=O)NCc2ccc(S(N)(=O)=O)cc2)cc1. The standard InChI is InChI=1S/C17H21N3O5S/c1-2-24-14-5-7-15(8-6-14)25-12-20-17(21)19-11-13-3-9-16(10-4-13)26(18,22)23/h3-10H,2,11-12H2,1H3,(H2,18,22,23)(H2,19,20,21). The zero-order valence-electron chi connectivity index (χ0n) is 14.3. The van der Waals surface area contributed by atoms with Crippen molar-refractivity contribution < 1.29 is 22.7 Å². The Bertz CT molecular complexity index is 820. The summed E-state index contributed by atoms with van der Waals surface area (Å²) in [5, 5.41) is 10.2. The van der Waals surface area contributed by atoms with Gasteiger partial charge in [0.1, 0.15) is 11.5 Å². The lowest BCUT2D eigenvalue weighted by atomic mass is 10.2. The van der Waals surface area contributed by atoms with E-state index in [1.165, 1.54) is 12.1 Å². The Labute approximate surface area is 152 Å². The van der Waals surface area contributed by atoms with Gasteiger partial charge in [0.15, 0.2) is 6.73 Å². The molecule has 0 radical (unpaired) electrons. The van der Waals surface area contributed by atoms with Gasteiger partial charge in [-0.05, 0) is 48.9 Å². The van der Waals surface area contributed by atoms with Crippen molar-refractivity contribution >= 4 is 16.1 Å². The molecule has 0 aliphatic rings. The van der Waals surface area contributed by atoms with Crippen molar-refractivity contribution in [3.8, 4) is 11.5 Å². The zero-order chi connectivity index (χ0) is 19.0. The summed E-state index contributed by atoms with van der Waals surface area (Å²) >= 11 is 0. The lowest BCUT2D eigenvalue weighted by Gasteiger charge is -2.10. The van der Waals surface area contributed by atoms with E-state index < -0.39 is 16.1 Å². The van der Waals surface area contributed by atoms with Crippen molar-refractivity contribution in [3.05, 3.63) is 54.1 Å². The lowest BCUT2D eigenvalue weighted by Crippen LogP contribution is -2.37. The minimum absolute atomic E-state index is 0.00414. The zero-order valence-corrected chi connectivity index (χ0v) is 15.1. The van der Waals surface area contributed by atoms with Crippen molar-refractivity contribution in [2.45, 2.75) is 18.4 Å². The molecule has 0 saturated heterocycles. The van der Waals surface area contributed by atoms with Gasteiger partial charge in [0.05, 0.1) is 11.5 Å². The molecule has 2 aromatic carbocycles. The first-order valence-corrected chi connectivity index (χ1v) is 9.42. The van der Waals surface area contributed by atoms with Crippen LogP contribution in [0.15, 0.2) is 53.4 Å². The highest BCUT2D eigenvalue weighted by molar-refractivity contribution is 7.89. The summed E-state index contributed by atoms with van der Waals surface area (Å²) in [7, 11) is -3.72. The summed E-state index contributed by atoms with van der Waals surface area (Å²) in [6, 6.07) is 12.6. The average Bonchev–Trinajstić information content (AvgIpc) is 2.61. The Morgan fingerprint density at radius 2 is 1.54 bits per heavy atom. The third-order valence-electron chi connectivity index (χ3n) is 3.31. The van der Waals surface area contributed by atoms with E-state index in [1.54, 1.807) is 36.4 Å². The van der Waals surface area contributed by atoms with Crippen LogP contribution in [0.25, 0.3) is 0 Å². The molecule has 0 spiro atoms. The molecule has 2 aromatic rings. The molecule has 0 atom stereocenters. The molecule has 2 rings (SSSR count). The number of sulfonamides is 1. The molecule has 0 aromatic heterocycles. The molecule has 0 aliphatic heterocycles. The number of amides is 2. The third kappa shape index (κ3) is 6.26. The second-order valence-corrected chi connectivity index (χ2v) is 6.80. The Balaban J connectivity index is 1.72. The predicted octanol–water partition coefficient (Wildman–Crippen LogP) is 1.57. The third-order valence-corrected chi connectivity index (χ3v) is 4.24. The van der Waals surface area contributed by atoms with Crippen LogP contribution in [0.3, 0.4) is 0 Å². The fraction of sp³-hybridized carbons (Fsp3) is 0.235. The number of hydrogen-bond acceptors (Lipinski definition) is 5. The smallest absolute Gasteiger partial charge is 0.317 e. The fourth-order valence-electron chi connectivity index (χ4n) is 2.03. The highest BCUT2D eigenvalue weighted by Crippen LogP contribution is 2.17. The molecule has 0 heterocycles. The van der Waals surface area contributed by atoms with Gasteiger partial charge in [0, 0.05) is 6.54 Å². The van der Waals surface area contributed by atoms with Gasteiger partial charge in [0.2, 0.25) is 10.0 Å². The summed E-state index contributed by atoms with van der Waals surface area (Å²) in [5.41, 5.74) is 0.736. The molecule has 0 bridgehead atoms. The first kappa shape index (κ1) is 19.5. The molecule has 140 valence electrons. The van der Waals surface area contributed by atoms with Gasteiger partial charge in [-0.3, -0.25) is 0 Å². The highest BCUT2D eigenvalue weighted by Gasteiger charge is 2.07. The minimum atomic E-state index is -3.72. The van der Waals surface area contributed by atoms with E-state index in [0.29, 0.717) is 12.4 Å². The fourth-order valence-corrected chi connectivity index (χ4v) is 2.54. The molecule has 8 nitrogen and oxygen atoms in total. The molecular weight excluding hydrogens is 358 g/mol. The van der Waals surface area contributed by atoms with E-state index in [-0.39, 0.29) is 18.2 Å². The van der Waals surface area contributed by atoms with Gasteiger partial charge < -0.3 is 20.1 Å². The van der Waals surface area contributed by atoms with Crippen molar-refractivity contribution in [1.82, 2.24) is 10.6 Å². The Hall–Kier alpha value is -2.78. The molecule has 4 N–H and O–H groups in total. The van der Waals surface area contributed by atoms with Gasteiger partial charge in [-0.25, -0.2) is 18.4 Å². The monoisotopic (exact) mass is 379 g/mol. The summed E-state index contributed by atoms with van der Waals surface area (Å²) in [4.78, 5) is 11.8. The Kier molecular flexibility index (Phi) is 6.81. The quantitative estimate of drug-likeness (QED) is 0.601. The largest absolute Gasteiger partial charge is 0.494 e. The van der Waals surface area contributed by atoms with Crippen LogP contribution in [0, 0.1) is 0 Å². The minimum Gasteiger partial charge on any atom is -0.494 e. The molecular formula is C17H21N3O5S. The lowest BCUT2D eigenvalue weighted by molar-refractivity contribution is 0.223. The van der Waals surface area contributed by atoms with Crippen LogP contribution in [-0.4, -0.2) is 27.8 Å². The maximum atomic E-state index is 11.7. The Morgan fingerprint density at radius 1 is 0.962 bits per heavy atom. The van der Waals surface area contributed by atoms with Gasteiger partial charge in [-0.1, -0.05) is 12.1 Å². The number of carbonyl (C=O) groups is 1. The van der Waals surface area contributed by atoms with Crippen molar-refractivity contribution in [3.63, 3.8) is 0 Å². The first-order chi connectivity index (χ1) is 12.4. The van der Waals surface area contributed by atoms with Crippen LogP contribution in [-0.2, 0) is 16.6 Å². The summed E-state index contributed by atoms with van der Waals surface area (Å²) in [6.45, 7) is 2.73. The number of nitrogens with two attached hydrogens (primary N) is 1. The van der Waals surface area contributed by atoms with E-state index in [0.717, 1.165) is 11.3 Å². The number of ether oxygens (including phenoxy) is 2. The summed E-state index contributed by atoms with van der Waals surface area (Å²) in [6.07, 6.45) is 0. The predicted molar refractivity (Wildman–Crippen MR) is 96.3 cm³/mol. The normalized spacial score (nSPS) is 10.8. The second kappa shape index (κ2) is 9.07. The number of urea groups is 1. The van der Waals surface area contributed by atoms with E-state index in [2.05, 4.69) is 10.6 Å². The number of nitrogens with one attached hydrogen (secondary N) is 2. The van der Waals surface area contributed by atoms with Gasteiger partial charge in [-0.2, -0.15) is 0 Å². The van der Waals surface area contributed by atoms with Crippen molar-refractivity contribution in [2.75, 3.05) is 13.3 Å². The maximum Gasteiger partial charge on any atom is 0.317 e. The second-order valence-electron chi connectivity index (χ2n) is 5.24. The molecule has 0 fully saturated rings. The molecule has 0 aliphatic carbocycles. The number of rotatable bonds is 8. The highest BCUT2D eigenvalue weighted by atomic mass is 32.2. The van der Waals surface area contributed by atoms with E-state index in [9.17, 15) is 13.2 Å². The van der Waals surface area contributed by atoms with Crippen LogP contribution >= 0.6 is 0 Å². The molecule has 2 amide bonds. The number of carbonyl (C=O) groups excluding carboxylic acids is 1. The van der Waals surface area contributed by atoms with Crippen LogP contribution in [0.2, 0.25) is 0 Å². The van der Waals surface area contributed by atoms with Crippen molar-refractivity contribution in [2.24, 2.45) is 5.14 Å². The van der Waals surface area contributed by atoms with E-state index >= 15 is 0 Å². The first-order valence-electron chi connectivity index (χ1n) is 7.87. The van der Waals surface area contributed by atoms with E-state index in [4.69, 9.17) is 14.6 Å². The molecule has 0 saturated carbocycles. The number of primary sulfonamides is 1. The Morgan fingerprint density at radius 3 is 2.08 bits per heavy atom. The number of benzene rings is 2.